The van der Waals surface area contributed by atoms with Crippen molar-refractivity contribution in [3.8, 4) is 0 Å². The number of nitrogens with zero attached hydrogens (tertiary/aromatic N) is 2. The number of anilines is 2. The summed E-state index contributed by atoms with van der Waals surface area (Å²) in [7, 11) is 0. The minimum absolute atomic E-state index is 0.00442. The van der Waals surface area contributed by atoms with E-state index < -0.39 is 0 Å². The molecule has 2 aromatic carbocycles. The molecule has 138 valence electrons. The molecule has 1 fully saturated rings. The highest BCUT2D eigenvalue weighted by Crippen LogP contribution is 2.31. The lowest BCUT2D eigenvalue weighted by Crippen LogP contribution is -2.38. The van der Waals surface area contributed by atoms with Crippen LogP contribution in [0.1, 0.15) is 12.8 Å². The van der Waals surface area contributed by atoms with Gasteiger partial charge in [0.25, 0.3) is 0 Å². The number of hydrogen-bond donors (Lipinski definition) is 1. The van der Waals surface area contributed by atoms with Crippen LogP contribution in [0.4, 0.5) is 15.8 Å². The Morgan fingerprint density at radius 3 is 2.59 bits per heavy atom. The summed E-state index contributed by atoms with van der Waals surface area (Å²) >= 11 is 3.49. The molecule has 0 radical (unpaired) electrons. The maximum Gasteiger partial charge on any atom is 0.227 e. The van der Waals surface area contributed by atoms with Crippen LogP contribution in [0.5, 0.6) is 0 Å². The van der Waals surface area contributed by atoms with Crippen LogP contribution in [0.3, 0.4) is 0 Å². The molecule has 6 heteroatoms. The number of fused-ring (bicyclic) bond motifs is 1. The van der Waals surface area contributed by atoms with Crippen molar-refractivity contribution in [2.24, 2.45) is 5.92 Å². The van der Waals surface area contributed by atoms with E-state index in [1.165, 1.54) is 12.1 Å². The normalized spacial score (nSPS) is 15.1. The third kappa shape index (κ3) is 3.95. The van der Waals surface area contributed by atoms with Crippen molar-refractivity contribution in [1.29, 1.82) is 0 Å². The molecule has 0 aliphatic carbocycles. The molecule has 0 spiro atoms. The third-order valence-electron chi connectivity index (χ3n) is 5.00. The largest absolute Gasteiger partial charge is 0.371 e. The fourth-order valence-corrected chi connectivity index (χ4v) is 3.89. The number of piperidine rings is 1. The standard InChI is InChI=1S/C21H19BrFN3O/c22-15-1-6-18-19(13-15)24-10-7-20(18)26-11-8-14(9-12-26)21(27)25-17-4-2-16(23)3-5-17/h1-7,10,13-14H,8-9,11-12H2,(H,25,27). The number of carbonyl (C=O) groups excluding carboxylic acids is 1. The van der Waals surface area contributed by atoms with E-state index >= 15 is 0 Å². The van der Waals surface area contributed by atoms with Gasteiger partial charge in [-0.2, -0.15) is 0 Å². The van der Waals surface area contributed by atoms with Gasteiger partial charge in [-0.15, -0.1) is 0 Å². The van der Waals surface area contributed by atoms with E-state index in [0.29, 0.717) is 5.69 Å². The van der Waals surface area contributed by atoms with Crippen molar-refractivity contribution >= 4 is 44.1 Å². The molecular weight excluding hydrogens is 409 g/mol. The number of amides is 1. The van der Waals surface area contributed by atoms with Gasteiger partial charge in [-0.3, -0.25) is 9.78 Å². The fraction of sp³-hybridized carbons (Fsp3) is 0.238. The maximum atomic E-state index is 13.0. The topological polar surface area (TPSA) is 45.2 Å². The number of halogens is 2. The van der Waals surface area contributed by atoms with Crippen molar-refractivity contribution in [2.75, 3.05) is 23.3 Å². The molecule has 4 nitrogen and oxygen atoms in total. The van der Waals surface area contributed by atoms with Gasteiger partial charge in [0.05, 0.1) is 5.52 Å². The van der Waals surface area contributed by atoms with Crippen molar-refractivity contribution in [1.82, 2.24) is 4.98 Å². The van der Waals surface area contributed by atoms with Gasteiger partial charge < -0.3 is 10.2 Å². The first-order chi connectivity index (χ1) is 13.1. The predicted molar refractivity (Wildman–Crippen MR) is 109 cm³/mol. The number of pyridine rings is 1. The highest BCUT2D eigenvalue weighted by atomic mass is 79.9. The van der Waals surface area contributed by atoms with Gasteiger partial charge in [-0.05, 0) is 61.4 Å². The van der Waals surface area contributed by atoms with Gasteiger partial charge in [0.1, 0.15) is 5.82 Å². The number of rotatable bonds is 3. The van der Waals surface area contributed by atoms with Gasteiger partial charge in [-0.1, -0.05) is 15.9 Å². The molecule has 4 rings (SSSR count). The average molecular weight is 428 g/mol. The first-order valence-corrected chi connectivity index (χ1v) is 9.75. The van der Waals surface area contributed by atoms with Gasteiger partial charge in [-0.25, -0.2) is 4.39 Å². The quantitative estimate of drug-likeness (QED) is 0.639. The predicted octanol–water partition coefficient (Wildman–Crippen LogP) is 4.99. The molecule has 3 aromatic rings. The second kappa shape index (κ2) is 7.64. The summed E-state index contributed by atoms with van der Waals surface area (Å²) in [6.07, 6.45) is 3.40. The van der Waals surface area contributed by atoms with Crippen LogP contribution in [0.25, 0.3) is 10.9 Å². The lowest BCUT2D eigenvalue weighted by molar-refractivity contribution is -0.120. The summed E-state index contributed by atoms with van der Waals surface area (Å²) in [5.41, 5.74) is 2.75. The number of hydrogen-bond acceptors (Lipinski definition) is 3. The SMILES string of the molecule is O=C(Nc1ccc(F)cc1)C1CCN(c2ccnc3cc(Br)ccc23)CC1. The molecule has 1 aliphatic heterocycles. The van der Waals surface area contributed by atoms with E-state index in [-0.39, 0.29) is 17.6 Å². The Balaban J connectivity index is 1.43. The highest BCUT2D eigenvalue weighted by Gasteiger charge is 2.26. The summed E-state index contributed by atoms with van der Waals surface area (Å²) in [6, 6.07) is 14.0. The van der Waals surface area contributed by atoms with Gasteiger partial charge in [0.2, 0.25) is 5.91 Å². The maximum absolute atomic E-state index is 13.0. The summed E-state index contributed by atoms with van der Waals surface area (Å²) in [5.74, 6) is -0.337. The number of nitrogens with one attached hydrogen (secondary N) is 1. The molecule has 1 N–H and O–H groups in total. The zero-order valence-electron chi connectivity index (χ0n) is 14.7. The molecule has 0 bridgehead atoms. The van der Waals surface area contributed by atoms with E-state index in [4.69, 9.17) is 0 Å². The molecule has 2 heterocycles. The molecule has 1 saturated heterocycles. The molecule has 27 heavy (non-hydrogen) atoms. The van der Waals surface area contributed by atoms with E-state index in [2.05, 4.69) is 37.2 Å². The van der Waals surface area contributed by atoms with Crippen LogP contribution in [0, 0.1) is 11.7 Å². The molecular formula is C21H19BrFN3O. The monoisotopic (exact) mass is 427 g/mol. The van der Waals surface area contributed by atoms with Crippen molar-refractivity contribution in [3.05, 3.63) is 65.0 Å². The van der Waals surface area contributed by atoms with Crippen molar-refractivity contribution in [2.45, 2.75) is 12.8 Å². The lowest BCUT2D eigenvalue weighted by atomic mass is 9.95. The van der Waals surface area contributed by atoms with E-state index in [0.717, 1.165) is 47.0 Å². The zero-order chi connectivity index (χ0) is 18.8. The Bertz CT molecular complexity index is 969. The van der Waals surface area contributed by atoms with E-state index in [9.17, 15) is 9.18 Å². The number of benzene rings is 2. The van der Waals surface area contributed by atoms with Crippen LogP contribution in [-0.2, 0) is 4.79 Å². The van der Waals surface area contributed by atoms with Crippen LogP contribution in [0.15, 0.2) is 59.2 Å². The first kappa shape index (κ1) is 17.9. The summed E-state index contributed by atoms with van der Waals surface area (Å²) in [6.45, 7) is 1.63. The Labute approximate surface area is 165 Å². The van der Waals surface area contributed by atoms with Crippen molar-refractivity contribution < 1.29 is 9.18 Å². The van der Waals surface area contributed by atoms with Crippen LogP contribution < -0.4 is 10.2 Å². The minimum Gasteiger partial charge on any atom is -0.371 e. The third-order valence-corrected chi connectivity index (χ3v) is 5.49. The molecule has 0 atom stereocenters. The van der Waals surface area contributed by atoms with Gasteiger partial charge >= 0.3 is 0 Å². The first-order valence-electron chi connectivity index (χ1n) is 8.96. The van der Waals surface area contributed by atoms with E-state index in [1.807, 2.05) is 24.4 Å². The Kier molecular flexibility index (Phi) is 5.07. The Morgan fingerprint density at radius 1 is 1.11 bits per heavy atom. The average Bonchev–Trinajstić information content (AvgIpc) is 2.69. The number of aromatic nitrogens is 1. The molecule has 0 saturated carbocycles. The minimum atomic E-state index is -0.307. The second-order valence-electron chi connectivity index (χ2n) is 6.75. The molecule has 0 unspecified atom stereocenters. The summed E-state index contributed by atoms with van der Waals surface area (Å²) in [4.78, 5) is 19.3. The van der Waals surface area contributed by atoms with E-state index in [1.54, 1.807) is 12.1 Å². The van der Waals surface area contributed by atoms with Crippen LogP contribution >= 0.6 is 15.9 Å². The summed E-state index contributed by atoms with van der Waals surface area (Å²) < 4.78 is 14.0. The summed E-state index contributed by atoms with van der Waals surface area (Å²) in [5, 5.41) is 4.01. The Hall–Kier alpha value is -2.47. The van der Waals surface area contributed by atoms with Gasteiger partial charge in [0.15, 0.2) is 0 Å². The van der Waals surface area contributed by atoms with Crippen molar-refractivity contribution in [3.63, 3.8) is 0 Å². The zero-order valence-corrected chi connectivity index (χ0v) is 16.2. The Morgan fingerprint density at radius 2 is 1.85 bits per heavy atom. The van der Waals surface area contributed by atoms with Gasteiger partial charge in [0, 0.05) is 46.4 Å². The molecule has 1 amide bonds. The smallest absolute Gasteiger partial charge is 0.227 e. The van der Waals surface area contributed by atoms with Crippen LogP contribution in [-0.4, -0.2) is 24.0 Å². The van der Waals surface area contributed by atoms with Crippen LogP contribution in [0.2, 0.25) is 0 Å². The number of carbonyl (C=O) groups is 1. The second-order valence-corrected chi connectivity index (χ2v) is 7.66. The highest BCUT2D eigenvalue weighted by molar-refractivity contribution is 9.10. The lowest BCUT2D eigenvalue weighted by Gasteiger charge is -2.33. The molecule has 1 aromatic heterocycles. The fourth-order valence-electron chi connectivity index (χ4n) is 3.54. The molecule has 1 aliphatic rings.